The van der Waals surface area contributed by atoms with Crippen molar-refractivity contribution in [2.45, 2.75) is 6.92 Å². The first kappa shape index (κ1) is 14.1. The lowest BCUT2D eigenvalue weighted by Gasteiger charge is -2.06. The summed E-state index contributed by atoms with van der Waals surface area (Å²) >= 11 is 0. The summed E-state index contributed by atoms with van der Waals surface area (Å²) in [6, 6.07) is 20.1. The zero-order valence-corrected chi connectivity index (χ0v) is 12.7. The zero-order valence-electron chi connectivity index (χ0n) is 12.7. The highest BCUT2D eigenvalue weighted by Crippen LogP contribution is 2.19. The van der Waals surface area contributed by atoms with Crippen LogP contribution in [-0.4, -0.2) is 17.9 Å². The second-order valence-electron chi connectivity index (χ2n) is 5.08. The third-order valence-electron chi connectivity index (χ3n) is 3.50. The predicted molar refractivity (Wildman–Crippen MR) is 90.8 cm³/mol. The number of hydrogen-bond donors (Lipinski definition) is 0. The van der Waals surface area contributed by atoms with Crippen molar-refractivity contribution in [3.05, 3.63) is 78.1 Å². The topological polar surface area (TPSA) is 26.5 Å². The maximum Gasteiger partial charge on any atom is 0.119 e. The Bertz CT molecular complexity index is 771. The van der Waals surface area contributed by atoms with Gasteiger partial charge in [0.1, 0.15) is 5.75 Å². The minimum Gasteiger partial charge on any atom is -0.497 e. The van der Waals surface area contributed by atoms with Crippen molar-refractivity contribution in [1.82, 2.24) is 4.57 Å². The molecule has 0 bridgehead atoms. The first-order valence-corrected chi connectivity index (χ1v) is 7.19. The summed E-state index contributed by atoms with van der Waals surface area (Å²) in [6.45, 7) is 2.09. The predicted octanol–water partition coefficient (Wildman–Crippen LogP) is 4.54. The molecule has 0 saturated carbocycles. The van der Waals surface area contributed by atoms with Gasteiger partial charge < -0.3 is 9.30 Å². The molecule has 0 spiro atoms. The molecule has 3 rings (SSSR count). The maximum absolute atomic E-state index is 5.20. The average molecular weight is 290 g/mol. The fraction of sp³-hybridized carbons (Fsp3) is 0.105. The number of para-hydroxylation sites is 1. The van der Waals surface area contributed by atoms with Crippen molar-refractivity contribution < 1.29 is 4.74 Å². The van der Waals surface area contributed by atoms with Crippen LogP contribution >= 0.6 is 0 Å². The van der Waals surface area contributed by atoms with Gasteiger partial charge in [-0.1, -0.05) is 18.2 Å². The minimum atomic E-state index is 0.861. The summed E-state index contributed by atoms with van der Waals surface area (Å²) in [5, 5.41) is 0. The SMILES string of the molecule is COc1ccc(-n2cc(C=Nc3ccccc3)cc2C)cc1. The molecule has 0 saturated heterocycles. The Morgan fingerprint density at radius 3 is 2.41 bits per heavy atom. The van der Waals surface area contributed by atoms with Crippen molar-refractivity contribution >= 4 is 11.9 Å². The molecule has 0 atom stereocenters. The number of rotatable bonds is 4. The number of ether oxygens (including phenoxy) is 1. The van der Waals surface area contributed by atoms with Crippen LogP contribution in [0.4, 0.5) is 5.69 Å². The van der Waals surface area contributed by atoms with E-state index >= 15 is 0 Å². The van der Waals surface area contributed by atoms with E-state index in [-0.39, 0.29) is 0 Å². The molecule has 0 unspecified atom stereocenters. The third-order valence-corrected chi connectivity index (χ3v) is 3.50. The minimum absolute atomic E-state index is 0.861. The van der Waals surface area contributed by atoms with E-state index in [1.807, 2.05) is 60.8 Å². The standard InChI is InChI=1S/C19H18N2O/c1-15-12-16(13-20-17-6-4-3-5-7-17)14-21(15)18-8-10-19(22-2)11-9-18/h3-14H,1-2H3. The quantitative estimate of drug-likeness (QED) is 0.648. The Balaban J connectivity index is 1.85. The van der Waals surface area contributed by atoms with E-state index in [2.05, 4.69) is 28.7 Å². The van der Waals surface area contributed by atoms with E-state index in [0.29, 0.717) is 0 Å². The van der Waals surface area contributed by atoms with Gasteiger partial charge in [0, 0.05) is 29.4 Å². The van der Waals surface area contributed by atoms with Gasteiger partial charge in [0.05, 0.1) is 12.8 Å². The maximum atomic E-state index is 5.20. The van der Waals surface area contributed by atoms with Gasteiger partial charge in [-0.15, -0.1) is 0 Å². The van der Waals surface area contributed by atoms with Crippen LogP contribution in [0.25, 0.3) is 5.69 Å². The molecule has 0 amide bonds. The molecule has 1 heterocycles. The smallest absolute Gasteiger partial charge is 0.119 e. The molecular formula is C19H18N2O. The second kappa shape index (κ2) is 6.31. The van der Waals surface area contributed by atoms with Crippen LogP contribution in [-0.2, 0) is 0 Å². The molecule has 22 heavy (non-hydrogen) atoms. The molecule has 0 aliphatic carbocycles. The molecule has 0 N–H and O–H groups in total. The number of benzene rings is 2. The van der Waals surface area contributed by atoms with Crippen molar-refractivity contribution in [3.63, 3.8) is 0 Å². The van der Waals surface area contributed by atoms with Crippen molar-refractivity contribution in [2.24, 2.45) is 4.99 Å². The molecule has 3 nitrogen and oxygen atoms in total. The van der Waals surface area contributed by atoms with Gasteiger partial charge in [0.15, 0.2) is 0 Å². The normalized spacial score (nSPS) is 11.0. The molecule has 110 valence electrons. The van der Waals surface area contributed by atoms with Crippen LogP contribution in [0.15, 0.2) is 71.9 Å². The molecule has 0 radical (unpaired) electrons. The second-order valence-corrected chi connectivity index (χ2v) is 5.08. The van der Waals surface area contributed by atoms with E-state index in [1.165, 1.54) is 5.69 Å². The summed E-state index contributed by atoms with van der Waals surface area (Å²) in [7, 11) is 1.67. The van der Waals surface area contributed by atoms with Gasteiger partial charge in [-0.25, -0.2) is 0 Å². The summed E-state index contributed by atoms with van der Waals surface area (Å²) in [5.41, 5.74) is 4.31. The molecule has 0 fully saturated rings. The van der Waals surface area contributed by atoms with E-state index in [4.69, 9.17) is 4.74 Å². The zero-order chi connectivity index (χ0) is 15.4. The van der Waals surface area contributed by atoms with Gasteiger partial charge in [-0.3, -0.25) is 4.99 Å². The number of aryl methyl sites for hydroxylation is 1. The van der Waals surface area contributed by atoms with Gasteiger partial charge in [-0.2, -0.15) is 0 Å². The van der Waals surface area contributed by atoms with Crippen molar-refractivity contribution in [3.8, 4) is 11.4 Å². The lowest BCUT2D eigenvalue weighted by atomic mass is 10.3. The molecule has 0 aliphatic heterocycles. The number of aromatic nitrogens is 1. The molecule has 3 heteroatoms. The highest BCUT2D eigenvalue weighted by atomic mass is 16.5. The monoisotopic (exact) mass is 290 g/mol. The van der Waals surface area contributed by atoms with Gasteiger partial charge >= 0.3 is 0 Å². The van der Waals surface area contributed by atoms with Crippen molar-refractivity contribution in [2.75, 3.05) is 7.11 Å². The third kappa shape index (κ3) is 3.09. The fourth-order valence-corrected chi connectivity index (χ4v) is 2.35. The Labute approximate surface area is 130 Å². The lowest BCUT2D eigenvalue weighted by Crippen LogP contribution is -1.94. The Kier molecular flexibility index (Phi) is 4.05. The van der Waals surface area contributed by atoms with E-state index < -0.39 is 0 Å². The highest BCUT2D eigenvalue weighted by molar-refractivity contribution is 5.82. The summed E-state index contributed by atoms with van der Waals surface area (Å²) in [6.07, 6.45) is 3.98. The highest BCUT2D eigenvalue weighted by Gasteiger charge is 2.03. The number of methoxy groups -OCH3 is 1. The Hall–Kier alpha value is -2.81. The van der Waals surface area contributed by atoms with Crippen LogP contribution in [0, 0.1) is 6.92 Å². The van der Waals surface area contributed by atoms with E-state index in [1.54, 1.807) is 7.11 Å². The first-order valence-electron chi connectivity index (χ1n) is 7.19. The van der Waals surface area contributed by atoms with Crippen LogP contribution < -0.4 is 4.74 Å². The fourth-order valence-electron chi connectivity index (χ4n) is 2.35. The largest absolute Gasteiger partial charge is 0.497 e. The molecule has 2 aromatic carbocycles. The molecule has 3 aromatic rings. The first-order chi connectivity index (χ1) is 10.8. The van der Waals surface area contributed by atoms with E-state index in [0.717, 1.165) is 22.7 Å². The van der Waals surface area contributed by atoms with Crippen molar-refractivity contribution in [1.29, 1.82) is 0 Å². The lowest BCUT2D eigenvalue weighted by molar-refractivity contribution is 0.414. The summed E-state index contributed by atoms with van der Waals surface area (Å²) < 4.78 is 7.34. The molecule has 1 aromatic heterocycles. The number of nitrogens with zero attached hydrogens (tertiary/aromatic N) is 2. The Morgan fingerprint density at radius 2 is 1.73 bits per heavy atom. The summed E-state index contributed by atoms with van der Waals surface area (Å²) in [4.78, 5) is 4.49. The number of hydrogen-bond acceptors (Lipinski definition) is 2. The van der Waals surface area contributed by atoms with E-state index in [9.17, 15) is 0 Å². The average Bonchev–Trinajstić information content (AvgIpc) is 2.95. The van der Waals surface area contributed by atoms with Crippen LogP contribution in [0.5, 0.6) is 5.75 Å². The Morgan fingerprint density at radius 1 is 1.00 bits per heavy atom. The van der Waals surface area contributed by atoms with Crippen LogP contribution in [0.3, 0.4) is 0 Å². The van der Waals surface area contributed by atoms with Gasteiger partial charge in [0.2, 0.25) is 0 Å². The molecular weight excluding hydrogens is 272 g/mol. The van der Waals surface area contributed by atoms with Gasteiger partial charge in [-0.05, 0) is 49.4 Å². The van der Waals surface area contributed by atoms with Crippen LogP contribution in [0.2, 0.25) is 0 Å². The number of aliphatic imine (C=N–C) groups is 1. The molecule has 0 aliphatic rings. The van der Waals surface area contributed by atoms with Gasteiger partial charge in [0.25, 0.3) is 0 Å². The van der Waals surface area contributed by atoms with Crippen LogP contribution in [0.1, 0.15) is 11.3 Å². The summed E-state index contributed by atoms with van der Waals surface area (Å²) in [5.74, 6) is 0.861.